The third-order valence-corrected chi connectivity index (χ3v) is 5.73. The maximum Gasteiger partial charge on any atom is 0.341 e. The van der Waals surface area contributed by atoms with Crippen molar-refractivity contribution in [2.24, 2.45) is 0 Å². The second-order valence-corrected chi connectivity index (χ2v) is 7.47. The standard InChI is InChI=1S/C20H24N2O4S/c1-4-26-20(24)18-14-6-5-7-16(14)27-19(18)22-17(23)11-21-15-9-8-13(25-3)10-12(15)2/h8-10,21H,4-7,11H2,1-3H3,(H,22,23). The topological polar surface area (TPSA) is 76.7 Å². The van der Waals surface area contributed by atoms with E-state index in [0.717, 1.165) is 41.8 Å². The molecule has 144 valence electrons. The highest BCUT2D eigenvalue weighted by atomic mass is 32.1. The molecule has 3 rings (SSSR count). The van der Waals surface area contributed by atoms with Gasteiger partial charge in [0.25, 0.3) is 0 Å². The largest absolute Gasteiger partial charge is 0.497 e. The zero-order valence-corrected chi connectivity index (χ0v) is 16.6. The molecule has 0 bridgehead atoms. The number of carbonyl (C=O) groups is 2. The van der Waals surface area contributed by atoms with Crippen LogP contribution in [0.5, 0.6) is 5.75 Å². The molecule has 6 nitrogen and oxygen atoms in total. The molecular weight excluding hydrogens is 364 g/mol. The van der Waals surface area contributed by atoms with E-state index in [2.05, 4.69) is 10.6 Å². The van der Waals surface area contributed by atoms with Crippen LogP contribution in [0.4, 0.5) is 10.7 Å². The quantitative estimate of drug-likeness (QED) is 0.706. The van der Waals surface area contributed by atoms with Crippen molar-refractivity contribution in [3.8, 4) is 5.75 Å². The molecule has 1 amide bonds. The number of esters is 1. The van der Waals surface area contributed by atoms with Crippen LogP contribution in [0.1, 0.15) is 39.7 Å². The molecule has 2 aromatic rings. The van der Waals surface area contributed by atoms with Gasteiger partial charge in [-0.2, -0.15) is 0 Å². The van der Waals surface area contributed by atoms with Gasteiger partial charge in [0.05, 0.1) is 25.8 Å². The maximum atomic E-state index is 12.4. The summed E-state index contributed by atoms with van der Waals surface area (Å²) in [5.41, 5.74) is 3.42. The van der Waals surface area contributed by atoms with E-state index in [1.165, 1.54) is 16.2 Å². The van der Waals surface area contributed by atoms with Crippen LogP contribution in [0.15, 0.2) is 18.2 Å². The van der Waals surface area contributed by atoms with Gasteiger partial charge in [-0.05, 0) is 62.4 Å². The van der Waals surface area contributed by atoms with Crippen molar-refractivity contribution < 1.29 is 19.1 Å². The molecule has 1 aromatic heterocycles. The van der Waals surface area contributed by atoms with Crippen molar-refractivity contribution in [3.05, 3.63) is 39.8 Å². The number of anilines is 2. The summed E-state index contributed by atoms with van der Waals surface area (Å²) in [6.07, 6.45) is 2.85. The lowest BCUT2D eigenvalue weighted by Crippen LogP contribution is -2.23. The third kappa shape index (κ3) is 4.24. The van der Waals surface area contributed by atoms with Gasteiger partial charge >= 0.3 is 5.97 Å². The minimum absolute atomic E-state index is 0.109. The number of ether oxygens (including phenoxy) is 2. The van der Waals surface area contributed by atoms with Crippen LogP contribution in [-0.4, -0.2) is 32.1 Å². The summed E-state index contributed by atoms with van der Waals surface area (Å²) in [7, 11) is 1.62. The first-order chi connectivity index (χ1) is 13.0. The number of hydrogen-bond acceptors (Lipinski definition) is 6. The third-order valence-electron chi connectivity index (χ3n) is 4.53. The lowest BCUT2D eigenvalue weighted by Gasteiger charge is -2.11. The van der Waals surface area contributed by atoms with Crippen molar-refractivity contribution >= 4 is 33.9 Å². The molecule has 0 atom stereocenters. The molecule has 1 aromatic carbocycles. The Morgan fingerprint density at radius 2 is 2.07 bits per heavy atom. The van der Waals surface area contributed by atoms with Gasteiger partial charge in [-0.15, -0.1) is 11.3 Å². The van der Waals surface area contributed by atoms with Crippen LogP contribution in [0.2, 0.25) is 0 Å². The Morgan fingerprint density at radius 3 is 2.78 bits per heavy atom. The van der Waals surface area contributed by atoms with Crippen molar-refractivity contribution in [1.29, 1.82) is 0 Å². The lowest BCUT2D eigenvalue weighted by atomic mass is 10.1. The van der Waals surface area contributed by atoms with E-state index in [9.17, 15) is 9.59 Å². The Hall–Kier alpha value is -2.54. The Kier molecular flexibility index (Phi) is 6.01. The number of nitrogens with one attached hydrogen (secondary N) is 2. The number of aryl methyl sites for hydroxylation is 2. The number of fused-ring (bicyclic) bond motifs is 1. The summed E-state index contributed by atoms with van der Waals surface area (Å²) in [5, 5.41) is 6.61. The molecule has 0 fully saturated rings. The second kappa shape index (κ2) is 8.43. The van der Waals surface area contributed by atoms with Crippen LogP contribution < -0.4 is 15.4 Å². The molecular formula is C20H24N2O4S. The number of benzene rings is 1. The fraction of sp³-hybridized carbons (Fsp3) is 0.400. The molecule has 0 saturated heterocycles. The van der Waals surface area contributed by atoms with E-state index in [1.54, 1.807) is 14.0 Å². The van der Waals surface area contributed by atoms with Gasteiger partial charge in [-0.25, -0.2) is 4.79 Å². The molecule has 0 aliphatic heterocycles. The fourth-order valence-corrected chi connectivity index (χ4v) is 4.51. The number of thiophene rings is 1. The van der Waals surface area contributed by atoms with E-state index in [-0.39, 0.29) is 18.4 Å². The molecule has 1 aliphatic carbocycles. The normalized spacial score (nSPS) is 12.4. The number of carbonyl (C=O) groups excluding carboxylic acids is 2. The Morgan fingerprint density at radius 1 is 1.26 bits per heavy atom. The average molecular weight is 388 g/mol. The molecule has 27 heavy (non-hydrogen) atoms. The van der Waals surface area contributed by atoms with Gasteiger partial charge in [0.1, 0.15) is 10.8 Å². The Labute approximate surface area is 162 Å². The van der Waals surface area contributed by atoms with Crippen LogP contribution >= 0.6 is 11.3 Å². The predicted octanol–water partition coefficient (Wildman–Crippen LogP) is 3.78. The highest BCUT2D eigenvalue weighted by Gasteiger charge is 2.28. The number of methoxy groups -OCH3 is 1. The first kappa shape index (κ1) is 19.2. The van der Waals surface area contributed by atoms with E-state index < -0.39 is 0 Å². The van der Waals surface area contributed by atoms with Gasteiger partial charge in [0, 0.05) is 10.6 Å². The van der Waals surface area contributed by atoms with Gasteiger partial charge < -0.3 is 20.1 Å². The zero-order chi connectivity index (χ0) is 19.4. The molecule has 1 aliphatic rings. The summed E-state index contributed by atoms with van der Waals surface area (Å²) in [6, 6.07) is 5.63. The average Bonchev–Trinajstić information content (AvgIpc) is 3.21. The first-order valence-electron chi connectivity index (χ1n) is 9.03. The summed E-state index contributed by atoms with van der Waals surface area (Å²) in [6.45, 7) is 4.16. The number of hydrogen-bond donors (Lipinski definition) is 2. The summed E-state index contributed by atoms with van der Waals surface area (Å²) in [5.74, 6) is 0.219. The van der Waals surface area contributed by atoms with Crippen molar-refractivity contribution in [2.75, 3.05) is 30.9 Å². The molecule has 0 unspecified atom stereocenters. The van der Waals surface area contributed by atoms with Crippen LogP contribution in [0.25, 0.3) is 0 Å². The summed E-state index contributed by atoms with van der Waals surface area (Å²) >= 11 is 1.48. The summed E-state index contributed by atoms with van der Waals surface area (Å²) < 4.78 is 10.4. The maximum absolute atomic E-state index is 12.4. The number of rotatable bonds is 7. The highest BCUT2D eigenvalue weighted by Crippen LogP contribution is 2.39. The Bertz CT molecular complexity index is 860. The summed E-state index contributed by atoms with van der Waals surface area (Å²) in [4.78, 5) is 26.0. The van der Waals surface area contributed by atoms with Gasteiger partial charge in [0.2, 0.25) is 5.91 Å². The predicted molar refractivity (Wildman–Crippen MR) is 107 cm³/mol. The smallest absolute Gasteiger partial charge is 0.341 e. The Balaban J connectivity index is 1.68. The monoisotopic (exact) mass is 388 g/mol. The van der Waals surface area contributed by atoms with Crippen molar-refractivity contribution in [1.82, 2.24) is 0 Å². The lowest BCUT2D eigenvalue weighted by molar-refractivity contribution is -0.114. The van der Waals surface area contributed by atoms with Crippen molar-refractivity contribution in [2.45, 2.75) is 33.1 Å². The van der Waals surface area contributed by atoms with Gasteiger partial charge in [-0.1, -0.05) is 0 Å². The molecule has 2 N–H and O–H groups in total. The molecule has 0 radical (unpaired) electrons. The highest BCUT2D eigenvalue weighted by molar-refractivity contribution is 7.17. The van der Waals surface area contributed by atoms with E-state index >= 15 is 0 Å². The zero-order valence-electron chi connectivity index (χ0n) is 15.8. The first-order valence-corrected chi connectivity index (χ1v) is 9.85. The SMILES string of the molecule is CCOC(=O)c1c(NC(=O)CNc2ccc(OC)cc2C)sc2c1CCC2. The fourth-order valence-electron chi connectivity index (χ4n) is 3.22. The van der Waals surface area contributed by atoms with Crippen LogP contribution in [0.3, 0.4) is 0 Å². The molecule has 7 heteroatoms. The van der Waals surface area contributed by atoms with E-state index in [1.807, 2.05) is 25.1 Å². The van der Waals surface area contributed by atoms with Crippen LogP contribution in [-0.2, 0) is 22.4 Å². The van der Waals surface area contributed by atoms with E-state index in [4.69, 9.17) is 9.47 Å². The van der Waals surface area contributed by atoms with Crippen molar-refractivity contribution in [3.63, 3.8) is 0 Å². The van der Waals surface area contributed by atoms with Gasteiger partial charge in [0.15, 0.2) is 0 Å². The van der Waals surface area contributed by atoms with Gasteiger partial charge in [-0.3, -0.25) is 4.79 Å². The molecule has 0 saturated carbocycles. The molecule has 0 spiro atoms. The second-order valence-electron chi connectivity index (χ2n) is 6.36. The minimum Gasteiger partial charge on any atom is -0.497 e. The minimum atomic E-state index is -0.355. The van der Waals surface area contributed by atoms with Crippen LogP contribution in [0, 0.1) is 6.92 Å². The molecule has 1 heterocycles. The van der Waals surface area contributed by atoms with E-state index in [0.29, 0.717) is 17.2 Å². The number of amides is 1.